The van der Waals surface area contributed by atoms with Gasteiger partial charge in [0.2, 0.25) is 11.8 Å². The lowest BCUT2D eigenvalue weighted by atomic mass is 10.2. The molecule has 26 heavy (non-hydrogen) atoms. The highest BCUT2D eigenvalue weighted by molar-refractivity contribution is 5.75. The van der Waals surface area contributed by atoms with E-state index in [4.69, 9.17) is 9.15 Å². The summed E-state index contributed by atoms with van der Waals surface area (Å²) in [7, 11) is 1.58. The van der Waals surface area contributed by atoms with Crippen LogP contribution < -0.4 is 15.8 Å². The first-order chi connectivity index (χ1) is 12.5. The Hall–Kier alpha value is -3.42. The second-order valence-electron chi connectivity index (χ2n) is 5.46. The second kappa shape index (κ2) is 7.64. The van der Waals surface area contributed by atoms with E-state index >= 15 is 0 Å². The van der Waals surface area contributed by atoms with Gasteiger partial charge in [0.25, 0.3) is 0 Å². The molecule has 0 bridgehead atoms. The van der Waals surface area contributed by atoms with Crippen molar-refractivity contribution in [2.24, 2.45) is 0 Å². The Kier molecular flexibility index (Phi) is 5.12. The van der Waals surface area contributed by atoms with Crippen LogP contribution in [0.25, 0.3) is 11.5 Å². The van der Waals surface area contributed by atoms with Crippen LogP contribution in [-0.4, -0.2) is 22.8 Å². The molecule has 2 aromatic carbocycles. The van der Waals surface area contributed by atoms with Crippen LogP contribution in [0.3, 0.4) is 0 Å². The molecule has 3 aromatic rings. The van der Waals surface area contributed by atoms with Crippen LogP contribution in [0.15, 0.2) is 57.7 Å². The molecule has 0 spiro atoms. The average molecular weight is 357 g/mol. The molecule has 0 saturated carbocycles. The molecule has 0 fully saturated rings. The molecule has 8 heteroatoms. The van der Waals surface area contributed by atoms with E-state index < -0.39 is 11.6 Å². The topological polar surface area (TPSA) is 86.4 Å². The molecule has 7 nitrogen and oxygen atoms in total. The zero-order valence-electron chi connectivity index (χ0n) is 13.9. The van der Waals surface area contributed by atoms with Gasteiger partial charge in [0, 0.05) is 12.1 Å². The minimum Gasteiger partial charge on any atom is -0.497 e. The van der Waals surface area contributed by atoms with Crippen molar-refractivity contribution >= 4 is 5.91 Å². The first-order valence-corrected chi connectivity index (χ1v) is 7.78. The van der Waals surface area contributed by atoms with Gasteiger partial charge in [-0.25, -0.2) is 9.18 Å². The SMILES string of the molecule is COc1ccc(CNC(=O)Cn2nc(-c3ccc(F)cc3)oc2=O)cc1. The van der Waals surface area contributed by atoms with Crippen LogP contribution in [0.2, 0.25) is 0 Å². The molecule has 0 aliphatic carbocycles. The van der Waals surface area contributed by atoms with Gasteiger partial charge in [-0.3, -0.25) is 4.79 Å². The van der Waals surface area contributed by atoms with Gasteiger partial charge in [0.1, 0.15) is 18.1 Å². The number of halogens is 1. The fourth-order valence-electron chi connectivity index (χ4n) is 2.25. The number of hydrogen-bond acceptors (Lipinski definition) is 5. The van der Waals surface area contributed by atoms with Crippen molar-refractivity contribution in [3.63, 3.8) is 0 Å². The highest BCUT2D eigenvalue weighted by Crippen LogP contribution is 2.15. The molecule has 0 unspecified atom stereocenters. The number of methoxy groups -OCH3 is 1. The van der Waals surface area contributed by atoms with Crippen molar-refractivity contribution in [1.29, 1.82) is 0 Å². The molecular weight excluding hydrogens is 341 g/mol. The van der Waals surface area contributed by atoms with Crippen molar-refractivity contribution in [3.05, 3.63) is 70.5 Å². The number of benzene rings is 2. The predicted molar refractivity (Wildman–Crippen MR) is 91.0 cm³/mol. The van der Waals surface area contributed by atoms with Crippen LogP contribution in [0.5, 0.6) is 5.75 Å². The van der Waals surface area contributed by atoms with Gasteiger partial charge >= 0.3 is 5.76 Å². The van der Waals surface area contributed by atoms with Crippen molar-refractivity contribution in [2.75, 3.05) is 7.11 Å². The van der Waals surface area contributed by atoms with E-state index in [2.05, 4.69) is 10.4 Å². The predicted octanol–water partition coefficient (Wildman–Crippen LogP) is 1.97. The number of carbonyl (C=O) groups excluding carboxylic acids is 1. The first kappa shape index (κ1) is 17.4. The summed E-state index contributed by atoms with van der Waals surface area (Å²) in [6.07, 6.45) is 0. The lowest BCUT2D eigenvalue weighted by Crippen LogP contribution is -2.31. The summed E-state index contributed by atoms with van der Waals surface area (Å²) >= 11 is 0. The third-order valence-electron chi connectivity index (χ3n) is 3.64. The quantitative estimate of drug-likeness (QED) is 0.729. The van der Waals surface area contributed by atoms with Gasteiger partial charge in [-0.05, 0) is 42.0 Å². The summed E-state index contributed by atoms with van der Waals surface area (Å²) < 4.78 is 23.9. The number of nitrogens with zero attached hydrogens (tertiary/aromatic N) is 2. The zero-order valence-corrected chi connectivity index (χ0v) is 13.9. The summed E-state index contributed by atoms with van der Waals surface area (Å²) in [5.41, 5.74) is 1.33. The van der Waals surface area contributed by atoms with Gasteiger partial charge in [0.15, 0.2) is 0 Å². The third-order valence-corrected chi connectivity index (χ3v) is 3.64. The summed E-state index contributed by atoms with van der Waals surface area (Å²) in [6.45, 7) is 0.0277. The van der Waals surface area contributed by atoms with E-state index in [9.17, 15) is 14.0 Å². The van der Waals surface area contributed by atoms with Crippen molar-refractivity contribution < 1.29 is 18.3 Å². The molecule has 0 atom stereocenters. The maximum Gasteiger partial charge on any atom is 0.437 e. The van der Waals surface area contributed by atoms with Crippen LogP contribution in [0.1, 0.15) is 5.56 Å². The molecule has 0 aliphatic rings. The zero-order chi connectivity index (χ0) is 18.5. The van der Waals surface area contributed by atoms with E-state index in [0.29, 0.717) is 12.1 Å². The van der Waals surface area contributed by atoms with Crippen LogP contribution in [0.4, 0.5) is 4.39 Å². The van der Waals surface area contributed by atoms with Gasteiger partial charge in [-0.15, -0.1) is 5.10 Å². The van der Waals surface area contributed by atoms with Crippen molar-refractivity contribution in [3.8, 4) is 17.2 Å². The minimum absolute atomic E-state index is 0.0259. The summed E-state index contributed by atoms with van der Waals surface area (Å²) in [4.78, 5) is 23.9. The van der Waals surface area contributed by atoms with E-state index in [1.54, 1.807) is 19.2 Å². The van der Waals surface area contributed by atoms with E-state index in [1.165, 1.54) is 24.3 Å². The monoisotopic (exact) mass is 357 g/mol. The average Bonchev–Trinajstić information content (AvgIpc) is 3.01. The number of amides is 1. The Morgan fingerprint density at radius 2 is 1.88 bits per heavy atom. The Balaban J connectivity index is 1.62. The van der Waals surface area contributed by atoms with Crippen LogP contribution in [0, 0.1) is 5.82 Å². The Morgan fingerprint density at radius 1 is 1.19 bits per heavy atom. The molecule has 134 valence electrons. The summed E-state index contributed by atoms with van der Waals surface area (Å²) in [6, 6.07) is 12.6. The first-order valence-electron chi connectivity index (χ1n) is 7.78. The van der Waals surface area contributed by atoms with Gasteiger partial charge in [-0.2, -0.15) is 4.68 Å². The van der Waals surface area contributed by atoms with Crippen molar-refractivity contribution in [2.45, 2.75) is 13.1 Å². The highest BCUT2D eigenvalue weighted by Gasteiger charge is 2.13. The number of nitrogens with one attached hydrogen (secondary N) is 1. The molecule has 1 amide bonds. The van der Waals surface area contributed by atoms with Gasteiger partial charge < -0.3 is 14.5 Å². The number of carbonyl (C=O) groups is 1. The smallest absolute Gasteiger partial charge is 0.437 e. The summed E-state index contributed by atoms with van der Waals surface area (Å²) in [5, 5.41) is 6.66. The standard InChI is InChI=1S/C18H16FN3O4/c1-25-15-8-2-12(3-9-15)10-20-16(23)11-22-18(24)26-17(21-22)13-4-6-14(19)7-5-13/h2-9H,10-11H2,1H3,(H,20,23). The lowest BCUT2D eigenvalue weighted by Gasteiger charge is -2.05. The number of aromatic nitrogens is 2. The molecule has 0 aliphatic heterocycles. The molecule has 1 N–H and O–H groups in total. The molecule has 3 rings (SSSR count). The van der Waals surface area contributed by atoms with Crippen LogP contribution in [-0.2, 0) is 17.9 Å². The third kappa shape index (κ3) is 4.15. The fourth-order valence-corrected chi connectivity index (χ4v) is 2.25. The Labute approximate surface area is 148 Å². The molecule has 1 heterocycles. The van der Waals surface area contributed by atoms with Gasteiger partial charge in [0.05, 0.1) is 7.11 Å². The normalized spacial score (nSPS) is 10.5. The van der Waals surface area contributed by atoms with Crippen molar-refractivity contribution in [1.82, 2.24) is 15.1 Å². The number of hydrogen-bond donors (Lipinski definition) is 1. The van der Waals surface area contributed by atoms with E-state index in [0.717, 1.165) is 16.0 Å². The largest absolute Gasteiger partial charge is 0.497 e. The van der Waals surface area contributed by atoms with Gasteiger partial charge in [-0.1, -0.05) is 12.1 Å². The second-order valence-corrected chi connectivity index (χ2v) is 5.46. The van der Waals surface area contributed by atoms with E-state index in [-0.39, 0.29) is 18.3 Å². The number of ether oxygens (including phenoxy) is 1. The maximum absolute atomic E-state index is 12.9. The fraction of sp³-hybridized carbons (Fsp3) is 0.167. The Bertz CT molecular complexity index is 946. The molecule has 1 aromatic heterocycles. The van der Waals surface area contributed by atoms with E-state index in [1.807, 2.05) is 12.1 Å². The lowest BCUT2D eigenvalue weighted by molar-refractivity contribution is -0.122. The molecular formula is C18H16FN3O4. The van der Waals surface area contributed by atoms with Crippen LogP contribution >= 0.6 is 0 Å². The maximum atomic E-state index is 12.9. The minimum atomic E-state index is -0.760. The highest BCUT2D eigenvalue weighted by atomic mass is 19.1. The Morgan fingerprint density at radius 3 is 2.54 bits per heavy atom. The summed E-state index contributed by atoms with van der Waals surface area (Å²) in [5.74, 6) is -0.806. The molecule has 0 saturated heterocycles. The number of rotatable bonds is 6. The molecule has 0 radical (unpaired) electrons.